The first kappa shape index (κ1) is 8.71. The third-order valence-corrected chi connectivity index (χ3v) is 2.11. The summed E-state index contributed by atoms with van der Waals surface area (Å²) in [7, 11) is 0. The van der Waals surface area contributed by atoms with Crippen molar-refractivity contribution in [3.8, 4) is 12.3 Å². The predicted octanol–water partition coefficient (Wildman–Crippen LogP) is 2.11. The van der Waals surface area contributed by atoms with Crippen LogP contribution in [-0.4, -0.2) is 9.97 Å². The SMILES string of the molecule is C#CCc1nc2ccccc2nc1C. The van der Waals surface area contributed by atoms with Crippen molar-refractivity contribution in [3.05, 3.63) is 35.7 Å². The van der Waals surface area contributed by atoms with Gasteiger partial charge in [0.05, 0.1) is 28.8 Å². The second kappa shape index (κ2) is 3.47. The van der Waals surface area contributed by atoms with Gasteiger partial charge in [0.15, 0.2) is 0 Å². The summed E-state index contributed by atoms with van der Waals surface area (Å²) in [6.07, 6.45) is 5.80. The van der Waals surface area contributed by atoms with Crippen LogP contribution in [0.25, 0.3) is 11.0 Å². The summed E-state index contributed by atoms with van der Waals surface area (Å²) in [4.78, 5) is 8.90. The smallest absolute Gasteiger partial charge is 0.0890 e. The molecule has 0 spiro atoms. The van der Waals surface area contributed by atoms with Crippen molar-refractivity contribution in [3.63, 3.8) is 0 Å². The average molecular weight is 182 g/mol. The summed E-state index contributed by atoms with van der Waals surface area (Å²) in [5.41, 5.74) is 3.64. The van der Waals surface area contributed by atoms with Gasteiger partial charge in [0.2, 0.25) is 0 Å². The number of hydrogen-bond acceptors (Lipinski definition) is 2. The number of aryl methyl sites for hydroxylation is 1. The van der Waals surface area contributed by atoms with Gasteiger partial charge in [-0.3, -0.25) is 0 Å². The molecule has 0 aliphatic rings. The Hall–Kier alpha value is -1.88. The van der Waals surface area contributed by atoms with Crippen LogP contribution in [0.2, 0.25) is 0 Å². The summed E-state index contributed by atoms with van der Waals surface area (Å²) in [5, 5.41) is 0. The molecule has 0 radical (unpaired) electrons. The summed E-state index contributed by atoms with van der Waals surface area (Å²) in [6, 6.07) is 7.81. The highest BCUT2D eigenvalue weighted by Crippen LogP contribution is 2.12. The fourth-order valence-corrected chi connectivity index (χ4v) is 1.39. The predicted molar refractivity (Wildman–Crippen MR) is 56.8 cm³/mol. The standard InChI is InChI=1S/C12H10N2/c1-3-6-10-9(2)13-11-7-4-5-8-12(11)14-10/h1,4-5,7-8H,6H2,2H3. The van der Waals surface area contributed by atoms with Crippen LogP contribution in [-0.2, 0) is 6.42 Å². The minimum absolute atomic E-state index is 0.545. The van der Waals surface area contributed by atoms with Crippen molar-refractivity contribution in [1.29, 1.82) is 0 Å². The molecule has 2 nitrogen and oxygen atoms in total. The van der Waals surface area contributed by atoms with Gasteiger partial charge in [-0.1, -0.05) is 12.1 Å². The average Bonchev–Trinajstić information content (AvgIpc) is 2.19. The first-order chi connectivity index (χ1) is 6.81. The number of fused-ring (bicyclic) bond motifs is 1. The van der Waals surface area contributed by atoms with E-state index in [1.165, 1.54) is 0 Å². The Morgan fingerprint density at radius 3 is 2.50 bits per heavy atom. The largest absolute Gasteiger partial charge is 0.250 e. The molecule has 1 aromatic heterocycles. The van der Waals surface area contributed by atoms with Crippen molar-refractivity contribution >= 4 is 11.0 Å². The van der Waals surface area contributed by atoms with E-state index in [-0.39, 0.29) is 0 Å². The zero-order valence-corrected chi connectivity index (χ0v) is 7.99. The highest BCUT2D eigenvalue weighted by molar-refractivity contribution is 5.74. The lowest BCUT2D eigenvalue weighted by Crippen LogP contribution is -1.97. The zero-order chi connectivity index (χ0) is 9.97. The van der Waals surface area contributed by atoms with E-state index < -0.39 is 0 Å². The maximum absolute atomic E-state index is 5.26. The fourth-order valence-electron chi connectivity index (χ4n) is 1.39. The van der Waals surface area contributed by atoms with Crippen LogP contribution in [0.4, 0.5) is 0 Å². The molecule has 68 valence electrons. The Kier molecular flexibility index (Phi) is 2.16. The molecule has 0 saturated carbocycles. The third kappa shape index (κ3) is 1.45. The molecule has 0 fully saturated rings. The molecule has 0 unspecified atom stereocenters. The van der Waals surface area contributed by atoms with Gasteiger partial charge in [0.1, 0.15) is 0 Å². The number of aromatic nitrogens is 2. The number of terminal acetylenes is 1. The molecule has 14 heavy (non-hydrogen) atoms. The topological polar surface area (TPSA) is 25.8 Å². The van der Waals surface area contributed by atoms with E-state index >= 15 is 0 Å². The Balaban J connectivity index is 2.66. The highest BCUT2D eigenvalue weighted by Gasteiger charge is 2.02. The number of hydrogen-bond donors (Lipinski definition) is 0. The highest BCUT2D eigenvalue weighted by atomic mass is 14.8. The quantitative estimate of drug-likeness (QED) is 0.631. The molecule has 1 aromatic carbocycles. The number of benzene rings is 1. The first-order valence-electron chi connectivity index (χ1n) is 4.47. The summed E-state index contributed by atoms with van der Waals surface area (Å²) < 4.78 is 0. The number of nitrogens with zero attached hydrogens (tertiary/aromatic N) is 2. The normalized spacial score (nSPS) is 10.0. The molecule has 2 rings (SSSR count). The van der Waals surface area contributed by atoms with Crippen molar-refractivity contribution in [2.75, 3.05) is 0 Å². The molecule has 0 atom stereocenters. The van der Waals surface area contributed by atoms with Crippen LogP contribution in [0, 0.1) is 19.3 Å². The van der Waals surface area contributed by atoms with Crippen LogP contribution >= 0.6 is 0 Å². The molecule has 2 aromatic rings. The molecule has 0 aliphatic heterocycles. The van der Waals surface area contributed by atoms with Gasteiger partial charge < -0.3 is 0 Å². The van der Waals surface area contributed by atoms with Crippen LogP contribution in [0.15, 0.2) is 24.3 Å². The minimum atomic E-state index is 0.545. The number of para-hydroxylation sites is 2. The lowest BCUT2D eigenvalue weighted by molar-refractivity contribution is 1.06. The maximum atomic E-state index is 5.26. The first-order valence-corrected chi connectivity index (χ1v) is 4.47. The van der Waals surface area contributed by atoms with Crippen molar-refractivity contribution in [2.24, 2.45) is 0 Å². The van der Waals surface area contributed by atoms with Gasteiger partial charge >= 0.3 is 0 Å². The maximum Gasteiger partial charge on any atom is 0.0890 e. The van der Waals surface area contributed by atoms with Gasteiger partial charge in [-0.25, -0.2) is 9.97 Å². The molecule has 2 heteroatoms. The van der Waals surface area contributed by atoms with E-state index in [0.29, 0.717) is 6.42 Å². The van der Waals surface area contributed by atoms with Crippen molar-refractivity contribution in [2.45, 2.75) is 13.3 Å². The molecule has 1 heterocycles. The molecule has 0 saturated heterocycles. The van der Waals surface area contributed by atoms with Gasteiger partial charge in [0, 0.05) is 0 Å². The lowest BCUT2D eigenvalue weighted by Gasteiger charge is -2.02. The van der Waals surface area contributed by atoms with Gasteiger partial charge in [-0.2, -0.15) is 0 Å². The van der Waals surface area contributed by atoms with Gasteiger partial charge in [-0.15, -0.1) is 12.3 Å². The van der Waals surface area contributed by atoms with E-state index in [9.17, 15) is 0 Å². The van der Waals surface area contributed by atoms with E-state index in [1.54, 1.807) is 0 Å². The van der Waals surface area contributed by atoms with Gasteiger partial charge in [0.25, 0.3) is 0 Å². The van der Waals surface area contributed by atoms with E-state index in [4.69, 9.17) is 6.42 Å². The van der Waals surface area contributed by atoms with E-state index in [1.807, 2.05) is 31.2 Å². The van der Waals surface area contributed by atoms with Crippen molar-refractivity contribution in [1.82, 2.24) is 9.97 Å². The Bertz CT molecular complexity index is 509. The molecule has 0 amide bonds. The Morgan fingerprint density at radius 2 is 1.86 bits per heavy atom. The molecular weight excluding hydrogens is 172 g/mol. The van der Waals surface area contributed by atoms with Gasteiger partial charge in [-0.05, 0) is 19.1 Å². The minimum Gasteiger partial charge on any atom is -0.250 e. The second-order valence-corrected chi connectivity index (χ2v) is 3.13. The molecule has 0 aliphatic carbocycles. The number of rotatable bonds is 1. The Morgan fingerprint density at radius 1 is 1.21 bits per heavy atom. The summed E-state index contributed by atoms with van der Waals surface area (Å²) >= 11 is 0. The van der Waals surface area contributed by atoms with Crippen LogP contribution < -0.4 is 0 Å². The van der Waals surface area contributed by atoms with Crippen molar-refractivity contribution < 1.29 is 0 Å². The lowest BCUT2D eigenvalue weighted by atomic mass is 10.2. The fraction of sp³-hybridized carbons (Fsp3) is 0.167. The molecule has 0 N–H and O–H groups in total. The third-order valence-electron chi connectivity index (χ3n) is 2.11. The van der Waals surface area contributed by atoms with E-state index in [0.717, 1.165) is 22.4 Å². The monoisotopic (exact) mass is 182 g/mol. The van der Waals surface area contributed by atoms with E-state index in [2.05, 4.69) is 15.9 Å². The molecule has 0 bridgehead atoms. The summed E-state index contributed by atoms with van der Waals surface area (Å²) in [5.74, 6) is 2.59. The molecular formula is C12H10N2. The van der Waals surface area contributed by atoms with Crippen LogP contribution in [0.3, 0.4) is 0 Å². The summed E-state index contributed by atoms with van der Waals surface area (Å²) in [6.45, 7) is 1.94. The zero-order valence-electron chi connectivity index (χ0n) is 7.99. The second-order valence-electron chi connectivity index (χ2n) is 3.13. The van der Waals surface area contributed by atoms with Crippen LogP contribution in [0.1, 0.15) is 11.4 Å². The van der Waals surface area contributed by atoms with Crippen LogP contribution in [0.5, 0.6) is 0 Å². The Labute approximate surface area is 83.0 Å².